The van der Waals surface area contributed by atoms with Gasteiger partial charge in [0.15, 0.2) is 6.61 Å². The van der Waals surface area contributed by atoms with E-state index in [0.29, 0.717) is 11.1 Å². The first-order valence-corrected chi connectivity index (χ1v) is 9.50. The van der Waals surface area contributed by atoms with E-state index in [0.717, 1.165) is 28.1 Å². The van der Waals surface area contributed by atoms with Gasteiger partial charge in [-0.2, -0.15) is 0 Å². The van der Waals surface area contributed by atoms with Crippen molar-refractivity contribution >= 4 is 23.4 Å². The highest BCUT2D eigenvalue weighted by Crippen LogP contribution is 2.22. The van der Waals surface area contributed by atoms with Gasteiger partial charge in [0, 0.05) is 5.69 Å². The Bertz CT molecular complexity index is 922. The Morgan fingerprint density at radius 3 is 2.67 bits per heavy atom. The van der Waals surface area contributed by atoms with Crippen LogP contribution in [-0.4, -0.2) is 21.9 Å². The number of hydrogen-bond donors (Lipinski definition) is 1. The third kappa shape index (κ3) is 5.34. The summed E-state index contributed by atoms with van der Waals surface area (Å²) < 4.78 is 11.3. The van der Waals surface area contributed by atoms with Crippen molar-refractivity contribution in [3.63, 3.8) is 0 Å². The Morgan fingerprint density at radius 1 is 1.11 bits per heavy atom. The number of nitrogens with one attached hydrogen (secondary N) is 1. The summed E-state index contributed by atoms with van der Waals surface area (Å²) in [6.45, 7) is 6.23. The van der Waals surface area contributed by atoms with Crippen LogP contribution in [0.15, 0.2) is 52.1 Å². The normalized spacial score (nSPS) is 10.6. The van der Waals surface area contributed by atoms with E-state index in [1.165, 1.54) is 11.8 Å². The van der Waals surface area contributed by atoms with E-state index in [2.05, 4.69) is 15.5 Å². The van der Waals surface area contributed by atoms with Crippen LogP contribution >= 0.6 is 11.8 Å². The van der Waals surface area contributed by atoms with Gasteiger partial charge in [0.25, 0.3) is 11.1 Å². The molecule has 0 spiro atoms. The average Bonchev–Trinajstić information content (AvgIpc) is 3.11. The van der Waals surface area contributed by atoms with Crippen LogP contribution in [0.1, 0.15) is 22.6 Å². The van der Waals surface area contributed by atoms with Crippen LogP contribution in [0, 0.1) is 20.8 Å². The lowest BCUT2D eigenvalue weighted by Crippen LogP contribution is -2.13. The molecular formula is C20H21N3O3S. The number of carbonyl (C=O) groups excluding carboxylic acids is 1. The fourth-order valence-corrected chi connectivity index (χ4v) is 2.92. The van der Waals surface area contributed by atoms with Crippen LogP contribution in [0.5, 0.6) is 5.75 Å². The van der Waals surface area contributed by atoms with Crippen molar-refractivity contribution in [2.24, 2.45) is 0 Å². The fraction of sp³-hybridized carbons (Fsp3) is 0.250. The van der Waals surface area contributed by atoms with E-state index in [-0.39, 0.29) is 18.3 Å². The smallest absolute Gasteiger partial charge is 0.277 e. The number of aromatic nitrogens is 2. The van der Waals surface area contributed by atoms with Gasteiger partial charge >= 0.3 is 0 Å². The van der Waals surface area contributed by atoms with Crippen molar-refractivity contribution in [2.75, 3.05) is 11.1 Å². The van der Waals surface area contributed by atoms with E-state index in [4.69, 9.17) is 9.15 Å². The number of benzene rings is 2. The summed E-state index contributed by atoms with van der Waals surface area (Å²) in [5, 5.41) is 11.1. The minimum absolute atomic E-state index is 0.129. The summed E-state index contributed by atoms with van der Waals surface area (Å²) in [6.07, 6.45) is 0. The Hall–Kier alpha value is -2.80. The minimum atomic E-state index is -0.129. The summed E-state index contributed by atoms with van der Waals surface area (Å²) in [4.78, 5) is 12.0. The highest BCUT2D eigenvalue weighted by molar-refractivity contribution is 7.99. The molecule has 2 aromatic carbocycles. The summed E-state index contributed by atoms with van der Waals surface area (Å²) in [5.41, 5.74) is 4.15. The van der Waals surface area contributed by atoms with Crippen molar-refractivity contribution in [2.45, 2.75) is 32.6 Å². The number of amides is 1. The molecule has 0 atom stereocenters. The number of carbonyl (C=O) groups is 1. The van der Waals surface area contributed by atoms with Crippen LogP contribution in [0.3, 0.4) is 0 Å². The first-order valence-electron chi connectivity index (χ1n) is 8.52. The van der Waals surface area contributed by atoms with E-state index in [9.17, 15) is 4.79 Å². The van der Waals surface area contributed by atoms with Crippen LogP contribution < -0.4 is 10.1 Å². The molecule has 0 fully saturated rings. The molecule has 0 aliphatic carbocycles. The van der Waals surface area contributed by atoms with Crippen LogP contribution in [0.4, 0.5) is 5.69 Å². The summed E-state index contributed by atoms with van der Waals surface area (Å²) in [5.74, 6) is 1.22. The molecule has 27 heavy (non-hydrogen) atoms. The fourth-order valence-electron chi connectivity index (χ4n) is 2.34. The van der Waals surface area contributed by atoms with Crippen molar-refractivity contribution in [1.29, 1.82) is 0 Å². The van der Waals surface area contributed by atoms with Gasteiger partial charge < -0.3 is 14.5 Å². The van der Waals surface area contributed by atoms with E-state index >= 15 is 0 Å². The number of hydrogen-bond acceptors (Lipinski definition) is 6. The van der Waals surface area contributed by atoms with E-state index < -0.39 is 0 Å². The molecule has 3 rings (SSSR count). The van der Waals surface area contributed by atoms with Gasteiger partial charge in [0.1, 0.15) is 5.75 Å². The zero-order valence-corrected chi connectivity index (χ0v) is 16.3. The third-order valence-electron chi connectivity index (χ3n) is 4.02. The Morgan fingerprint density at radius 2 is 1.89 bits per heavy atom. The summed E-state index contributed by atoms with van der Waals surface area (Å²) >= 11 is 1.19. The molecule has 140 valence electrons. The zero-order valence-electron chi connectivity index (χ0n) is 15.5. The SMILES string of the molecule is Cc1ccc(NC(=O)CSc2nnc(COc3cccc(C)c3C)o2)cc1. The molecule has 0 saturated heterocycles. The molecule has 1 aromatic heterocycles. The molecule has 0 radical (unpaired) electrons. The Labute approximate surface area is 162 Å². The standard InChI is InChI=1S/C20H21N3O3S/c1-13-7-9-16(10-8-13)21-18(24)12-27-20-23-22-19(26-20)11-25-17-6-4-5-14(2)15(17)3/h4-10H,11-12H2,1-3H3,(H,21,24). The predicted molar refractivity (Wildman–Crippen MR) is 105 cm³/mol. The van der Waals surface area contributed by atoms with Crippen LogP contribution in [-0.2, 0) is 11.4 Å². The molecule has 0 aliphatic rings. The highest BCUT2D eigenvalue weighted by Gasteiger charge is 2.11. The molecule has 0 unspecified atom stereocenters. The van der Waals surface area contributed by atoms with Crippen molar-refractivity contribution in [3.8, 4) is 5.75 Å². The largest absolute Gasteiger partial charge is 0.484 e. The number of anilines is 1. The first-order chi connectivity index (χ1) is 13.0. The van der Waals surface area contributed by atoms with Crippen molar-refractivity contribution < 1.29 is 13.9 Å². The molecule has 6 nitrogen and oxygen atoms in total. The molecular weight excluding hydrogens is 362 g/mol. The molecule has 0 saturated carbocycles. The lowest BCUT2D eigenvalue weighted by molar-refractivity contribution is -0.113. The zero-order chi connectivity index (χ0) is 19.2. The quantitative estimate of drug-likeness (QED) is 0.613. The molecule has 3 aromatic rings. The van der Waals surface area contributed by atoms with Gasteiger partial charge in [-0.3, -0.25) is 4.79 Å². The van der Waals surface area contributed by atoms with Crippen molar-refractivity contribution in [1.82, 2.24) is 10.2 Å². The summed E-state index contributed by atoms with van der Waals surface area (Å²) in [6, 6.07) is 13.5. The number of ether oxygens (including phenoxy) is 1. The number of aryl methyl sites for hydroxylation is 2. The lowest BCUT2D eigenvalue weighted by Gasteiger charge is -2.08. The topological polar surface area (TPSA) is 77.2 Å². The number of thioether (sulfide) groups is 1. The van der Waals surface area contributed by atoms with E-state index in [1.807, 2.05) is 63.2 Å². The van der Waals surface area contributed by atoms with Gasteiger partial charge in [-0.1, -0.05) is 41.6 Å². The molecule has 0 bridgehead atoms. The minimum Gasteiger partial charge on any atom is -0.484 e. The lowest BCUT2D eigenvalue weighted by atomic mass is 10.1. The van der Waals surface area contributed by atoms with Gasteiger partial charge in [0.05, 0.1) is 5.75 Å². The second-order valence-corrected chi connectivity index (χ2v) is 7.08. The third-order valence-corrected chi connectivity index (χ3v) is 4.83. The highest BCUT2D eigenvalue weighted by atomic mass is 32.2. The van der Waals surface area contributed by atoms with E-state index in [1.54, 1.807) is 0 Å². The van der Waals surface area contributed by atoms with Crippen LogP contribution in [0.2, 0.25) is 0 Å². The maximum absolute atomic E-state index is 12.0. The monoisotopic (exact) mass is 383 g/mol. The van der Waals surface area contributed by atoms with Gasteiger partial charge in [0.2, 0.25) is 5.91 Å². The number of nitrogens with zero attached hydrogens (tertiary/aromatic N) is 2. The predicted octanol–water partition coefficient (Wildman–Crippen LogP) is 4.30. The molecule has 1 heterocycles. The first kappa shape index (κ1) is 19.0. The molecule has 1 N–H and O–H groups in total. The maximum Gasteiger partial charge on any atom is 0.277 e. The van der Waals surface area contributed by atoms with Gasteiger partial charge in [-0.25, -0.2) is 0 Å². The molecule has 0 aliphatic heterocycles. The maximum atomic E-state index is 12.0. The van der Waals surface area contributed by atoms with Crippen molar-refractivity contribution in [3.05, 3.63) is 65.0 Å². The molecule has 7 heteroatoms. The summed E-state index contributed by atoms with van der Waals surface area (Å²) in [7, 11) is 0. The van der Waals surface area contributed by atoms with Gasteiger partial charge in [-0.05, 0) is 50.1 Å². The Balaban J connectivity index is 1.48. The number of rotatable bonds is 7. The Kier molecular flexibility index (Phi) is 6.13. The molecule has 1 amide bonds. The average molecular weight is 383 g/mol. The second kappa shape index (κ2) is 8.73. The second-order valence-electron chi connectivity index (χ2n) is 6.15. The van der Waals surface area contributed by atoms with Crippen LogP contribution in [0.25, 0.3) is 0 Å². The van der Waals surface area contributed by atoms with Gasteiger partial charge in [-0.15, -0.1) is 10.2 Å².